The van der Waals surface area contributed by atoms with Crippen LogP contribution in [0, 0.1) is 0 Å². The van der Waals surface area contributed by atoms with Crippen molar-refractivity contribution >= 4 is 29.2 Å². The second-order valence-corrected chi connectivity index (χ2v) is 6.43. The van der Waals surface area contributed by atoms with Crippen LogP contribution in [0.4, 0.5) is 5.69 Å². The van der Waals surface area contributed by atoms with E-state index in [1.165, 1.54) is 5.69 Å². The molecule has 0 unspecified atom stereocenters. The lowest BCUT2D eigenvalue weighted by Gasteiger charge is -2.28. The van der Waals surface area contributed by atoms with Crippen LogP contribution in [0.2, 0.25) is 0 Å². The number of hydrogen-bond donors (Lipinski definition) is 0. The number of ether oxygens (including phenoxy) is 1. The molecule has 5 nitrogen and oxygen atoms in total. The lowest BCUT2D eigenvalue weighted by Crippen LogP contribution is -2.36. The number of aromatic nitrogens is 2. The minimum Gasteiger partial charge on any atom is -0.378 e. The lowest BCUT2D eigenvalue weighted by molar-refractivity contribution is 0.122. The molecule has 24 heavy (non-hydrogen) atoms. The van der Waals surface area contributed by atoms with E-state index < -0.39 is 0 Å². The second kappa shape index (κ2) is 6.98. The van der Waals surface area contributed by atoms with Crippen LogP contribution < -0.4 is 4.90 Å². The Balaban J connectivity index is 1.47. The molecule has 1 aliphatic heterocycles. The summed E-state index contributed by atoms with van der Waals surface area (Å²) in [5, 5.41) is 6.10. The Labute approximate surface area is 144 Å². The van der Waals surface area contributed by atoms with E-state index in [4.69, 9.17) is 9.26 Å². The maximum absolute atomic E-state index is 5.39. The Bertz CT molecular complexity index is 803. The van der Waals surface area contributed by atoms with Crippen molar-refractivity contribution in [3.63, 3.8) is 0 Å². The molecule has 0 spiro atoms. The summed E-state index contributed by atoms with van der Waals surface area (Å²) in [6, 6.07) is 12.3. The second-order valence-electron chi connectivity index (χ2n) is 5.45. The minimum atomic E-state index is 0.510. The standard InChI is InChI=1S/C18H17N3O2S/c1-2-16(24-13-1)7-8-17-19-18(20-23-17)14-3-5-15(6-4-14)21-9-11-22-12-10-21/h1-8,13H,9-12H2. The van der Waals surface area contributed by atoms with Gasteiger partial charge in [0, 0.05) is 35.3 Å². The predicted molar refractivity (Wildman–Crippen MR) is 96.0 cm³/mol. The number of hydrogen-bond acceptors (Lipinski definition) is 6. The fourth-order valence-corrected chi connectivity index (χ4v) is 3.22. The predicted octanol–water partition coefficient (Wildman–Crippen LogP) is 3.81. The monoisotopic (exact) mass is 339 g/mol. The van der Waals surface area contributed by atoms with Crippen molar-refractivity contribution in [3.05, 3.63) is 52.5 Å². The molecule has 122 valence electrons. The molecule has 4 rings (SSSR count). The van der Waals surface area contributed by atoms with Crippen LogP contribution >= 0.6 is 11.3 Å². The third kappa shape index (κ3) is 3.39. The van der Waals surface area contributed by atoms with E-state index in [1.54, 1.807) is 11.3 Å². The molecule has 0 saturated carbocycles. The third-order valence-electron chi connectivity index (χ3n) is 3.88. The highest BCUT2D eigenvalue weighted by Gasteiger charge is 2.12. The zero-order chi connectivity index (χ0) is 16.2. The van der Waals surface area contributed by atoms with E-state index in [1.807, 2.05) is 41.8 Å². The van der Waals surface area contributed by atoms with Gasteiger partial charge in [0.2, 0.25) is 5.82 Å². The van der Waals surface area contributed by atoms with Crippen molar-refractivity contribution in [1.82, 2.24) is 10.1 Å². The lowest BCUT2D eigenvalue weighted by atomic mass is 10.2. The summed E-state index contributed by atoms with van der Waals surface area (Å²) in [5.41, 5.74) is 2.15. The molecule has 1 saturated heterocycles. The SMILES string of the molecule is C(=Cc1cccs1)c1nc(-c2ccc(N3CCOCC3)cc2)no1. The maximum atomic E-state index is 5.39. The quantitative estimate of drug-likeness (QED) is 0.723. The normalized spacial score (nSPS) is 15.2. The van der Waals surface area contributed by atoms with E-state index in [2.05, 4.69) is 27.2 Å². The van der Waals surface area contributed by atoms with Crippen molar-refractivity contribution in [2.75, 3.05) is 31.2 Å². The fraction of sp³-hybridized carbons (Fsp3) is 0.222. The van der Waals surface area contributed by atoms with Gasteiger partial charge in [-0.05, 0) is 41.8 Å². The summed E-state index contributed by atoms with van der Waals surface area (Å²) in [7, 11) is 0. The van der Waals surface area contributed by atoms with Crippen molar-refractivity contribution in [3.8, 4) is 11.4 Å². The topological polar surface area (TPSA) is 51.4 Å². The van der Waals surface area contributed by atoms with Crippen LogP contribution in [0.3, 0.4) is 0 Å². The Kier molecular flexibility index (Phi) is 4.40. The van der Waals surface area contributed by atoms with E-state index in [-0.39, 0.29) is 0 Å². The van der Waals surface area contributed by atoms with E-state index in [9.17, 15) is 0 Å². The van der Waals surface area contributed by atoms with Crippen molar-refractivity contribution < 1.29 is 9.26 Å². The summed E-state index contributed by atoms with van der Waals surface area (Å²) in [6.07, 6.45) is 3.81. The van der Waals surface area contributed by atoms with Crippen molar-refractivity contribution in [1.29, 1.82) is 0 Å². The molecule has 0 bridgehead atoms. The molecule has 1 fully saturated rings. The van der Waals surface area contributed by atoms with E-state index >= 15 is 0 Å². The average Bonchev–Trinajstić information content (AvgIpc) is 3.33. The van der Waals surface area contributed by atoms with Gasteiger partial charge >= 0.3 is 0 Å². The van der Waals surface area contributed by atoms with Crippen LogP contribution in [0.1, 0.15) is 10.8 Å². The summed E-state index contributed by atoms with van der Waals surface area (Å²) in [6.45, 7) is 3.43. The maximum Gasteiger partial charge on any atom is 0.250 e. The Morgan fingerprint density at radius 1 is 1.04 bits per heavy atom. The highest BCUT2D eigenvalue weighted by molar-refractivity contribution is 7.10. The minimum absolute atomic E-state index is 0.510. The summed E-state index contributed by atoms with van der Waals surface area (Å²) >= 11 is 1.67. The number of rotatable bonds is 4. The first-order chi connectivity index (χ1) is 11.9. The molecule has 0 atom stereocenters. The smallest absolute Gasteiger partial charge is 0.250 e. The van der Waals surface area contributed by atoms with Gasteiger partial charge in [0.15, 0.2) is 0 Å². The molecular formula is C18H17N3O2S. The largest absolute Gasteiger partial charge is 0.378 e. The van der Waals surface area contributed by atoms with Crippen LogP contribution in [0.25, 0.3) is 23.5 Å². The number of benzene rings is 1. The van der Waals surface area contributed by atoms with Gasteiger partial charge in [-0.3, -0.25) is 0 Å². The first-order valence-corrected chi connectivity index (χ1v) is 8.75. The highest BCUT2D eigenvalue weighted by Crippen LogP contribution is 2.22. The molecule has 0 N–H and O–H groups in total. The van der Waals surface area contributed by atoms with E-state index in [0.29, 0.717) is 11.7 Å². The summed E-state index contributed by atoms with van der Waals surface area (Å²) in [4.78, 5) is 7.90. The molecule has 3 heterocycles. The number of nitrogens with zero attached hydrogens (tertiary/aromatic N) is 3. The Morgan fingerprint density at radius 3 is 2.62 bits per heavy atom. The number of morpholine rings is 1. The zero-order valence-electron chi connectivity index (χ0n) is 13.1. The Hall–Kier alpha value is -2.44. The van der Waals surface area contributed by atoms with Gasteiger partial charge in [0.05, 0.1) is 13.2 Å². The van der Waals surface area contributed by atoms with Gasteiger partial charge in [-0.25, -0.2) is 0 Å². The first kappa shape index (κ1) is 15.1. The first-order valence-electron chi connectivity index (χ1n) is 7.87. The van der Waals surface area contributed by atoms with Crippen LogP contribution in [-0.2, 0) is 4.74 Å². The summed E-state index contributed by atoms with van der Waals surface area (Å²) < 4.78 is 10.7. The van der Waals surface area contributed by atoms with Gasteiger partial charge in [0.25, 0.3) is 5.89 Å². The van der Waals surface area contributed by atoms with Gasteiger partial charge in [-0.1, -0.05) is 11.2 Å². The number of thiophene rings is 1. The fourth-order valence-electron chi connectivity index (χ4n) is 2.60. The molecule has 0 aliphatic carbocycles. The van der Waals surface area contributed by atoms with Crippen LogP contribution in [-0.4, -0.2) is 36.4 Å². The average molecular weight is 339 g/mol. The molecule has 6 heteroatoms. The molecule has 1 aromatic carbocycles. The van der Waals surface area contributed by atoms with Crippen molar-refractivity contribution in [2.45, 2.75) is 0 Å². The van der Waals surface area contributed by atoms with Gasteiger partial charge in [-0.15, -0.1) is 11.3 Å². The highest BCUT2D eigenvalue weighted by atomic mass is 32.1. The molecule has 0 amide bonds. The number of anilines is 1. The Morgan fingerprint density at radius 2 is 1.88 bits per heavy atom. The van der Waals surface area contributed by atoms with Crippen molar-refractivity contribution in [2.24, 2.45) is 0 Å². The molecule has 2 aromatic heterocycles. The van der Waals surface area contributed by atoms with Gasteiger partial charge in [-0.2, -0.15) is 4.98 Å². The summed E-state index contributed by atoms with van der Waals surface area (Å²) in [5.74, 6) is 1.12. The van der Waals surface area contributed by atoms with Gasteiger partial charge < -0.3 is 14.2 Å². The third-order valence-corrected chi connectivity index (χ3v) is 4.71. The van der Waals surface area contributed by atoms with E-state index in [0.717, 1.165) is 36.7 Å². The molecule has 1 aliphatic rings. The molecule has 3 aromatic rings. The zero-order valence-corrected chi connectivity index (χ0v) is 13.9. The molecular weight excluding hydrogens is 322 g/mol. The van der Waals surface area contributed by atoms with Crippen LogP contribution in [0.5, 0.6) is 0 Å². The van der Waals surface area contributed by atoms with Crippen LogP contribution in [0.15, 0.2) is 46.3 Å². The van der Waals surface area contributed by atoms with Gasteiger partial charge in [0.1, 0.15) is 0 Å². The molecule has 0 radical (unpaired) electrons.